The van der Waals surface area contributed by atoms with Gasteiger partial charge >= 0.3 is 0 Å². The Morgan fingerprint density at radius 2 is 2.11 bits per heavy atom. The lowest BCUT2D eigenvalue weighted by molar-refractivity contribution is 0.414. The second kappa shape index (κ2) is 5.82. The van der Waals surface area contributed by atoms with Crippen molar-refractivity contribution in [1.29, 1.82) is 0 Å². The van der Waals surface area contributed by atoms with E-state index in [1.165, 1.54) is 5.56 Å². The number of hydrogen-bond donors (Lipinski definition) is 0. The van der Waals surface area contributed by atoms with Crippen molar-refractivity contribution in [2.24, 2.45) is 0 Å². The lowest BCUT2D eigenvalue weighted by atomic mass is 10.2. The summed E-state index contributed by atoms with van der Waals surface area (Å²) in [6, 6.07) is 9.89. The minimum atomic E-state index is 0.765. The first-order valence-electron chi connectivity index (χ1n) is 5.50. The summed E-state index contributed by atoms with van der Waals surface area (Å²) in [5.74, 6) is 1.74. The summed E-state index contributed by atoms with van der Waals surface area (Å²) in [5.41, 5.74) is 1.17. The van der Waals surface area contributed by atoms with Gasteiger partial charge in [-0.15, -0.1) is 0 Å². The van der Waals surface area contributed by atoms with Gasteiger partial charge in [0.2, 0.25) is 0 Å². The highest BCUT2D eigenvalue weighted by Crippen LogP contribution is 2.18. The number of nitrogens with zero attached hydrogens (tertiary/aromatic N) is 3. The molecule has 0 fully saturated rings. The third-order valence-corrected chi connectivity index (χ3v) is 3.00. The van der Waals surface area contributed by atoms with E-state index in [0.29, 0.717) is 0 Å². The Hall–Kier alpha value is -1.62. The fourth-order valence-electron chi connectivity index (χ4n) is 1.66. The molecule has 0 aliphatic carbocycles. The first kappa shape index (κ1) is 12.8. The van der Waals surface area contributed by atoms with Crippen LogP contribution in [-0.4, -0.2) is 24.1 Å². The van der Waals surface area contributed by atoms with Crippen LogP contribution in [0.5, 0.6) is 5.75 Å². The van der Waals surface area contributed by atoms with Crippen molar-refractivity contribution in [2.45, 2.75) is 6.54 Å². The van der Waals surface area contributed by atoms with E-state index in [1.807, 2.05) is 31.3 Å². The summed E-state index contributed by atoms with van der Waals surface area (Å²) in [7, 11) is 3.67. The van der Waals surface area contributed by atoms with Gasteiger partial charge in [-0.3, -0.25) is 0 Å². The molecule has 0 aliphatic rings. The molecule has 0 unspecified atom stereocenters. The summed E-state index contributed by atoms with van der Waals surface area (Å²) < 4.78 is 5.99. The molecule has 0 spiro atoms. The fraction of sp³-hybridized carbons (Fsp3) is 0.231. The maximum absolute atomic E-state index is 5.21. The SMILES string of the molecule is COc1cccc(CN(C)c2cc(Br)ncn2)c1. The minimum Gasteiger partial charge on any atom is -0.497 e. The van der Waals surface area contributed by atoms with E-state index in [1.54, 1.807) is 13.4 Å². The van der Waals surface area contributed by atoms with Gasteiger partial charge in [0, 0.05) is 19.7 Å². The van der Waals surface area contributed by atoms with E-state index < -0.39 is 0 Å². The summed E-state index contributed by atoms with van der Waals surface area (Å²) in [6.07, 6.45) is 1.54. The molecule has 1 aromatic heterocycles. The van der Waals surface area contributed by atoms with Gasteiger partial charge in [0.05, 0.1) is 7.11 Å². The van der Waals surface area contributed by atoms with Gasteiger partial charge in [-0.25, -0.2) is 9.97 Å². The molecule has 2 aromatic rings. The number of methoxy groups -OCH3 is 1. The summed E-state index contributed by atoms with van der Waals surface area (Å²) in [6.45, 7) is 0.765. The lowest BCUT2D eigenvalue weighted by Gasteiger charge is -2.18. The van der Waals surface area contributed by atoms with Crippen molar-refractivity contribution in [1.82, 2.24) is 9.97 Å². The fourth-order valence-corrected chi connectivity index (χ4v) is 1.95. The molecule has 0 saturated heterocycles. The van der Waals surface area contributed by atoms with Crippen molar-refractivity contribution in [3.05, 3.63) is 46.8 Å². The van der Waals surface area contributed by atoms with E-state index in [9.17, 15) is 0 Å². The number of anilines is 1. The second-order valence-electron chi connectivity index (χ2n) is 3.91. The normalized spacial score (nSPS) is 10.2. The number of aromatic nitrogens is 2. The smallest absolute Gasteiger partial charge is 0.133 e. The van der Waals surface area contributed by atoms with Crippen LogP contribution in [0.15, 0.2) is 41.3 Å². The largest absolute Gasteiger partial charge is 0.497 e. The Morgan fingerprint density at radius 1 is 1.28 bits per heavy atom. The van der Waals surface area contributed by atoms with Crippen molar-refractivity contribution in [3.63, 3.8) is 0 Å². The first-order valence-corrected chi connectivity index (χ1v) is 6.30. The Balaban J connectivity index is 2.13. The van der Waals surface area contributed by atoms with Crippen LogP contribution in [0.4, 0.5) is 5.82 Å². The summed E-state index contributed by atoms with van der Waals surface area (Å²) in [4.78, 5) is 10.3. The number of hydrogen-bond acceptors (Lipinski definition) is 4. The molecule has 1 heterocycles. The first-order chi connectivity index (χ1) is 8.69. The number of rotatable bonds is 4. The molecule has 2 rings (SSSR count). The maximum Gasteiger partial charge on any atom is 0.133 e. The molecule has 0 N–H and O–H groups in total. The van der Waals surface area contributed by atoms with Crippen LogP contribution in [0.25, 0.3) is 0 Å². The molecule has 5 heteroatoms. The van der Waals surface area contributed by atoms with Gasteiger partial charge in [-0.05, 0) is 33.6 Å². The lowest BCUT2D eigenvalue weighted by Crippen LogP contribution is -2.17. The monoisotopic (exact) mass is 307 g/mol. The number of halogens is 1. The highest BCUT2D eigenvalue weighted by molar-refractivity contribution is 9.10. The van der Waals surface area contributed by atoms with Crippen LogP contribution in [0.3, 0.4) is 0 Å². The van der Waals surface area contributed by atoms with Crippen LogP contribution >= 0.6 is 15.9 Å². The zero-order valence-electron chi connectivity index (χ0n) is 10.3. The van der Waals surface area contributed by atoms with Gasteiger partial charge in [0.25, 0.3) is 0 Å². The Kier molecular flexibility index (Phi) is 4.15. The number of benzene rings is 1. The Bertz CT molecular complexity index is 533. The van der Waals surface area contributed by atoms with E-state index in [-0.39, 0.29) is 0 Å². The van der Waals surface area contributed by atoms with Crippen LogP contribution < -0.4 is 9.64 Å². The van der Waals surface area contributed by atoms with Gasteiger partial charge in [-0.2, -0.15) is 0 Å². The Morgan fingerprint density at radius 3 is 2.83 bits per heavy atom. The maximum atomic E-state index is 5.21. The van der Waals surface area contributed by atoms with Gasteiger partial charge in [0.15, 0.2) is 0 Å². The highest BCUT2D eigenvalue weighted by Gasteiger charge is 2.05. The van der Waals surface area contributed by atoms with Crippen LogP contribution in [0, 0.1) is 0 Å². The average molecular weight is 308 g/mol. The number of ether oxygens (including phenoxy) is 1. The molecule has 0 saturated carbocycles. The summed E-state index contributed by atoms with van der Waals surface area (Å²) in [5, 5.41) is 0. The minimum absolute atomic E-state index is 0.765. The third-order valence-electron chi connectivity index (χ3n) is 2.56. The zero-order chi connectivity index (χ0) is 13.0. The van der Waals surface area contributed by atoms with Crippen molar-refractivity contribution < 1.29 is 4.74 Å². The topological polar surface area (TPSA) is 38.2 Å². The van der Waals surface area contributed by atoms with Gasteiger partial charge in [-0.1, -0.05) is 12.1 Å². The van der Waals surface area contributed by atoms with E-state index in [4.69, 9.17) is 4.74 Å². The molecular formula is C13H14BrN3O. The van der Waals surface area contributed by atoms with Gasteiger partial charge < -0.3 is 9.64 Å². The highest BCUT2D eigenvalue weighted by atomic mass is 79.9. The van der Waals surface area contributed by atoms with E-state index >= 15 is 0 Å². The van der Waals surface area contributed by atoms with Crippen LogP contribution in [0.1, 0.15) is 5.56 Å². The average Bonchev–Trinajstić information content (AvgIpc) is 2.39. The molecule has 94 valence electrons. The molecule has 0 bridgehead atoms. The molecule has 18 heavy (non-hydrogen) atoms. The molecule has 0 radical (unpaired) electrons. The Labute approximate surface area is 115 Å². The van der Waals surface area contributed by atoms with E-state index in [0.717, 1.165) is 22.7 Å². The quantitative estimate of drug-likeness (QED) is 0.814. The molecule has 0 amide bonds. The van der Waals surface area contributed by atoms with Crippen molar-refractivity contribution in [3.8, 4) is 5.75 Å². The molecule has 0 atom stereocenters. The van der Waals surface area contributed by atoms with Crippen molar-refractivity contribution in [2.75, 3.05) is 19.1 Å². The predicted octanol–water partition coefficient (Wildman–Crippen LogP) is 2.88. The molecule has 4 nitrogen and oxygen atoms in total. The third kappa shape index (κ3) is 3.20. The molecular weight excluding hydrogens is 294 g/mol. The predicted molar refractivity (Wildman–Crippen MR) is 74.8 cm³/mol. The van der Waals surface area contributed by atoms with E-state index in [2.05, 4.69) is 36.9 Å². The summed E-state index contributed by atoms with van der Waals surface area (Å²) >= 11 is 3.34. The van der Waals surface area contributed by atoms with Gasteiger partial charge in [0.1, 0.15) is 22.5 Å². The second-order valence-corrected chi connectivity index (χ2v) is 4.72. The zero-order valence-corrected chi connectivity index (χ0v) is 11.9. The van der Waals surface area contributed by atoms with Crippen LogP contribution in [0.2, 0.25) is 0 Å². The molecule has 1 aromatic carbocycles. The molecule has 0 aliphatic heterocycles. The van der Waals surface area contributed by atoms with Crippen molar-refractivity contribution >= 4 is 21.7 Å². The standard InChI is InChI=1S/C13H14BrN3O/c1-17(13-7-12(14)15-9-16-13)8-10-4-3-5-11(6-10)18-2/h3-7,9H,8H2,1-2H3. The van der Waals surface area contributed by atoms with Crippen LogP contribution in [-0.2, 0) is 6.54 Å².